The Labute approximate surface area is 99.2 Å². The van der Waals surface area contributed by atoms with Crippen LogP contribution in [0.3, 0.4) is 0 Å². The Bertz CT molecular complexity index is 276. The molecule has 2 saturated carbocycles. The van der Waals surface area contributed by atoms with Crippen LogP contribution in [0.4, 0.5) is 0 Å². The van der Waals surface area contributed by atoms with Gasteiger partial charge < -0.3 is 5.32 Å². The second kappa shape index (κ2) is 3.75. The van der Waals surface area contributed by atoms with Crippen LogP contribution >= 0.6 is 0 Å². The van der Waals surface area contributed by atoms with E-state index in [4.69, 9.17) is 0 Å². The van der Waals surface area contributed by atoms with E-state index in [0.29, 0.717) is 17.9 Å². The first-order valence-corrected chi connectivity index (χ1v) is 6.57. The highest BCUT2D eigenvalue weighted by molar-refractivity contribution is 5.77. The molecule has 0 unspecified atom stereocenters. The Kier molecular flexibility index (Phi) is 2.80. The molecule has 1 amide bonds. The molecule has 2 aliphatic rings. The zero-order chi connectivity index (χ0) is 12.0. The lowest BCUT2D eigenvalue weighted by Crippen LogP contribution is -2.56. The Balaban J connectivity index is 1.68. The number of carbonyl (C=O) groups excluding carboxylic acids is 1. The number of amides is 1. The molecule has 0 aromatic heterocycles. The molecule has 1 spiro atoms. The van der Waals surface area contributed by atoms with Gasteiger partial charge in [-0.1, -0.05) is 27.7 Å². The van der Waals surface area contributed by atoms with E-state index in [1.54, 1.807) is 0 Å². The van der Waals surface area contributed by atoms with Crippen LogP contribution in [0.25, 0.3) is 0 Å². The summed E-state index contributed by atoms with van der Waals surface area (Å²) in [6.45, 7) is 8.67. The van der Waals surface area contributed by atoms with Crippen molar-refractivity contribution in [2.24, 2.45) is 16.7 Å². The molecule has 2 aliphatic carbocycles. The van der Waals surface area contributed by atoms with Crippen molar-refractivity contribution < 1.29 is 4.79 Å². The van der Waals surface area contributed by atoms with Crippen molar-refractivity contribution in [3.05, 3.63) is 0 Å². The molecule has 0 aromatic rings. The van der Waals surface area contributed by atoms with E-state index >= 15 is 0 Å². The van der Waals surface area contributed by atoms with Crippen LogP contribution in [0.5, 0.6) is 0 Å². The first-order valence-electron chi connectivity index (χ1n) is 6.57. The summed E-state index contributed by atoms with van der Waals surface area (Å²) in [6, 6.07) is 0.474. The summed E-state index contributed by atoms with van der Waals surface area (Å²) in [7, 11) is 0. The minimum Gasteiger partial charge on any atom is -0.353 e. The summed E-state index contributed by atoms with van der Waals surface area (Å²) in [6.07, 6.45) is 5.88. The molecule has 0 aromatic carbocycles. The van der Waals surface area contributed by atoms with Crippen LogP contribution in [0.1, 0.15) is 59.8 Å². The molecule has 0 atom stereocenters. The number of hydrogen-bond acceptors (Lipinski definition) is 1. The normalized spacial score (nSPS) is 37.8. The third-order valence-corrected chi connectivity index (χ3v) is 3.98. The van der Waals surface area contributed by atoms with Crippen molar-refractivity contribution in [3.63, 3.8) is 0 Å². The summed E-state index contributed by atoms with van der Waals surface area (Å²) in [5.41, 5.74) is 0.746. The van der Waals surface area contributed by atoms with Crippen LogP contribution in [0.15, 0.2) is 0 Å². The first kappa shape index (κ1) is 11.9. The van der Waals surface area contributed by atoms with Crippen molar-refractivity contribution in [2.45, 2.75) is 65.8 Å². The van der Waals surface area contributed by atoms with Gasteiger partial charge in [-0.25, -0.2) is 0 Å². The SMILES string of the molecule is CC1CC2(C1)CC(NC(=O)CC(C)(C)C)C2. The molecule has 0 aliphatic heterocycles. The Hall–Kier alpha value is -0.530. The van der Waals surface area contributed by atoms with Crippen LogP contribution in [-0.2, 0) is 4.79 Å². The van der Waals surface area contributed by atoms with E-state index in [2.05, 4.69) is 33.0 Å². The van der Waals surface area contributed by atoms with Crippen molar-refractivity contribution in [2.75, 3.05) is 0 Å². The summed E-state index contributed by atoms with van der Waals surface area (Å²) in [5.74, 6) is 1.16. The average molecular weight is 223 g/mol. The van der Waals surface area contributed by atoms with Crippen LogP contribution in [-0.4, -0.2) is 11.9 Å². The van der Waals surface area contributed by atoms with Gasteiger partial charge in [0.15, 0.2) is 0 Å². The number of nitrogens with one attached hydrogen (secondary N) is 1. The molecule has 16 heavy (non-hydrogen) atoms. The largest absolute Gasteiger partial charge is 0.353 e. The van der Waals surface area contributed by atoms with Crippen molar-refractivity contribution >= 4 is 5.91 Å². The minimum absolute atomic E-state index is 0.108. The highest BCUT2D eigenvalue weighted by atomic mass is 16.1. The van der Waals surface area contributed by atoms with E-state index < -0.39 is 0 Å². The van der Waals surface area contributed by atoms with Gasteiger partial charge in [-0.15, -0.1) is 0 Å². The zero-order valence-corrected chi connectivity index (χ0v) is 11.1. The van der Waals surface area contributed by atoms with Gasteiger partial charge >= 0.3 is 0 Å². The maximum Gasteiger partial charge on any atom is 0.220 e. The summed E-state index contributed by atoms with van der Waals surface area (Å²) in [5, 5.41) is 3.17. The highest BCUT2D eigenvalue weighted by Crippen LogP contribution is 2.58. The Morgan fingerprint density at radius 1 is 1.25 bits per heavy atom. The first-order chi connectivity index (χ1) is 7.28. The fourth-order valence-corrected chi connectivity index (χ4v) is 3.60. The third kappa shape index (κ3) is 2.58. The van der Waals surface area contributed by atoms with Gasteiger partial charge in [-0.05, 0) is 42.4 Å². The van der Waals surface area contributed by atoms with Crippen molar-refractivity contribution in [1.29, 1.82) is 0 Å². The Morgan fingerprint density at radius 2 is 1.81 bits per heavy atom. The van der Waals surface area contributed by atoms with Crippen LogP contribution < -0.4 is 5.32 Å². The molecule has 0 bridgehead atoms. The molecule has 2 fully saturated rings. The van der Waals surface area contributed by atoms with Gasteiger partial charge in [-0.3, -0.25) is 4.79 Å². The van der Waals surface area contributed by atoms with Gasteiger partial charge in [0.1, 0.15) is 0 Å². The van der Waals surface area contributed by atoms with Crippen LogP contribution in [0, 0.1) is 16.7 Å². The van der Waals surface area contributed by atoms with Gasteiger partial charge in [-0.2, -0.15) is 0 Å². The Morgan fingerprint density at radius 3 is 2.25 bits per heavy atom. The van der Waals surface area contributed by atoms with E-state index in [9.17, 15) is 4.79 Å². The second-order valence-electron chi connectivity index (χ2n) is 7.42. The number of carbonyl (C=O) groups is 1. The smallest absolute Gasteiger partial charge is 0.220 e. The topological polar surface area (TPSA) is 29.1 Å². The van der Waals surface area contributed by atoms with Gasteiger partial charge in [0.05, 0.1) is 0 Å². The molecule has 2 rings (SSSR count). The molecule has 2 nitrogen and oxygen atoms in total. The predicted molar refractivity (Wildman–Crippen MR) is 66.1 cm³/mol. The monoisotopic (exact) mass is 223 g/mol. The van der Waals surface area contributed by atoms with Gasteiger partial charge in [0.25, 0.3) is 0 Å². The van der Waals surface area contributed by atoms with Gasteiger partial charge in [0, 0.05) is 12.5 Å². The van der Waals surface area contributed by atoms with Crippen molar-refractivity contribution in [1.82, 2.24) is 5.32 Å². The lowest BCUT2D eigenvalue weighted by molar-refractivity contribution is -0.127. The van der Waals surface area contributed by atoms with E-state index in [1.807, 2.05) is 0 Å². The number of hydrogen-bond donors (Lipinski definition) is 1. The third-order valence-electron chi connectivity index (χ3n) is 3.98. The average Bonchev–Trinajstić information content (AvgIpc) is 1.93. The molecule has 0 radical (unpaired) electrons. The second-order valence-corrected chi connectivity index (χ2v) is 7.42. The fraction of sp³-hybridized carbons (Fsp3) is 0.929. The van der Waals surface area contributed by atoms with E-state index in [-0.39, 0.29) is 11.3 Å². The van der Waals surface area contributed by atoms with Crippen LogP contribution in [0.2, 0.25) is 0 Å². The molecule has 92 valence electrons. The lowest BCUT2D eigenvalue weighted by Gasteiger charge is -2.57. The highest BCUT2D eigenvalue weighted by Gasteiger charge is 2.51. The van der Waals surface area contributed by atoms with E-state index in [0.717, 1.165) is 5.92 Å². The summed E-state index contributed by atoms with van der Waals surface area (Å²) >= 11 is 0. The van der Waals surface area contributed by atoms with E-state index in [1.165, 1.54) is 25.7 Å². The minimum atomic E-state index is 0.108. The maximum atomic E-state index is 11.7. The quantitative estimate of drug-likeness (QED) is 0.765. The molecular formula is C14H25NO. The number of rotatable bonds is 2. The summed E-state index contributed by atoms with van der Waals surface area (Å²) < 4.78 is 0. The predicted octanol–water partition coefficient (Wildman–Crippen LogP) is 3.12. The van der Waals surface area contributed by atoms with Gasteiger partial charge in [0.2, 0.25) is 5.91 Å². The lowest BCUT2D eigenvalue weighted by atomic mass is 9.50. The molecule has 0 saturated heterocycles. The molecule has 0 heterocycles. The van der Waals surface area contributed by atoms with Crippen molar-refractivity contribution in [3.8, 4) is 0 Å². The maximum absolute atomic E-state index is 11.7. The molecule has 2 heteroatoms. The molecular weight excluding hydrogens is 198 g/mol. The fourth-order valence-electron chi connectivity index (χ4n) is 3.60. The standard InChI is InChI=1S/C14H25NO/c1-10-5-14(6-10)7-11(8-14)15-12(16)9-13(2,3)4/h10-11H,5-9H2,1-4H3,(H,15,16). The molecule has 1 N–H and O–H groups in total. The summed E-state index contributed by atoms with van der Waals surface area (Å²) in [4.78, 5) is 11.7. The zero-order valence-electron chi connectivity index (χ0n) is 11.1.